The molecule has 2 heterocycles. The first-order valence-corrected chi connectivity index (χ1v) is 16.5. The highest BCUT2D eigenvalue weighted by atomic mass is 16.5. The summed E-state index contributed by atoms with van der Waals surface area (Å²) < 4.78 is 6.64. The van der Waals surface area contributed by atoms with Gasteiger partial charge in [-0.05, 0) is 97.4 Å². The largest absolute Gasteiger partial charge is 0.476 e. The zero-order valence-corrected chi connectivity index (χ0v) is 28.4. The third kappa shape index (κ3) is 7.14. The van der Waals surface area contributed by atoms with Gasteiger partial charge in [0, 0.05) is 49.2 Å². The number of ether oxygens (including phenoxy) is 1. The Labute approximate surface area is 273 Å². The Kier molecular flexibility index (Phi) is 9.37. The van der Waals surface area contributed by atoms with E-state index >= 15 is 0 Å². The van der Waals surface area contributed by atoms with Crippen LogP contribution in [0.4, 0.5) is 5.82 Å². The monoisotopic (exact) mass is 629 g/mol. The van der Waals surface area contributed by atoms with Crippen LogP contribution in [0.5, 0.6) is 0 Å². The number of fused-ring (bicyclic) bond motifs is 3. The molecule has 3 aliphatic rings. The van der Waals surface area contributed by atoms with Gasteiger partial charge in [0.05, 0.1) is 12.2 Å². The van der Waals surface area contributed by atoms with Crippen LogP contribution >= 0.6 is 0 Å². The Morgan fingerprint density at radius 3 is 2.61 bits per heavy atom. The molecule has 46 heavy (non-hydrogen) atoms. The van der Waals surface area contributed by atoms with E-state index in [-0.39, 0.29) is 27.5 Å². The van der Waals surface area contributed by atoms with Crippen LogP contribution in [0.2, 0.25) is 0 Å². The summed E-state index contributed by atoms with van der Waals surface area (Å²) in [5, 5.41) is 24.9. The molecule has 3 atom stereocenters. The second-order valence-corrected chi connectivity index (χ2v) is 15.6. The lowest BCUT2D eigenvalue weighted by atomic mass is 9.48. The van der Waals surface area contributed by atoms with E-state index < -0.39 is 5.97 Å². The van der Waals surface area contributed by atoms with Crippen LogP contribution in [-0.4, -0.2) is 60.5 Å². The van der Waals surface area contributed by atoms with Crippen molar-refractivity contribution in [1.29, 1.82) is 5.41 Å². The number of nitrogens with one attached hydrogen (secondary N) is 3. The molecule has 2 aromatic rings. The van der Waals surface area contributed by atoms with Crippen LogP contribution < -0.4 is 15.5 Å². The van der Waals surface area contributed by atoms with Crippen LogP contribution in [0.15, 0.2) is 36.0 Å². The van der Waals surface area contributed by atoms with Crippen molar-refractivity contribution in [1.82, 2.24) is 15.6 Å². The maximum Gasteiger partial charge on any atom is 0.355 e. The molecule has 2 aliphatic carbocycles. The van der Waals surface area contributed by atoms with Gasteiger partial charge in [0.2, 0.25) is 6.41 Å². The molecule has 1 amide bonds. The minimum atomic E-state index is -1.11. The molecule has 9 nitrogen and oxygen atoms in total. The Hall–Kier alpha value is -3.72. The van der Waals surface area contributed by atoms with E-state index in [9.17, 15) is 14.7 Å². The van der Waals surface area contributed by atoms with Crippen LogP contribution in [0.25, 0.3) is 5.57 Å². The predicted molar refractivity (Wildman–Crippen MR) is 182 cm³/mol. The Morgan fingerprint density at radius 1 is 1.11 bits per heavy atom. The quantitative estimate of drug-likeness (QED) is 0.126. The Bertz CT molecular complexity index is 1530. The Balaban J connectivity index is 1.37. The fourth-order valence-electron chi connectivity index (χ4n) is 9.56. The van der Waals surface area contributed by atoms with Crippen molar-refractivity contribution in [2.24, 2.45) is 16.2 Å². The lowest BCUT2D eigenvalue weighted by Gasteiger charge is -2.61. The summed E-state index contributed by atoms with van der Waals surface area (Å²) in [7, 11) is 0. The molecule has 248 valence electrons. The van der Waals surface area contributed by atoms with Crippen molar-refractivity contribution in [3.05, 3.63) is 64.0 Å². The highest BCUT2D eigenvalue weighted by Crippen LogP contribution is 2.62. The summed E-state index contributed by atoms with van der Waals surface area (Å²) >= 11 is 0. The van der Waals surface area contributed by atoms with E-state index in [0.717, 1.165) is 50.8 Å². The normalized spacial score (nSPS) is 27.2. The third-order valence-corrected chi connectivity index (χ3v) is 10.3. The molecule has 4 N–H and O–H groups in total. The molecule has 0 saturated heterocycles. The van der Waals surface area contributed by atoms with Crippen molar-refractivity contribution in [2.45, 2.75) is 92.2 Å². The summed E-state index contributed by atoms with van der Waals surface area (Å²) in [4.78, 5) is 30.1. The standard InChI is InChI=1S/C37H51N5O4/c1-25-8-7-9-27-12-14-42(17-30(25)27)31-11-10-28(32(41-31)33(44)45)29(16-38)26(2)40-23-36(6)20-35(5)18-34(3,4)19-37(21-35,22-36)46-15-13-39-24-43/h7-11,16,24,38,40H,12-15,17-23H2,1-6H3,(H,39,43)(H,44,45)/b29-26+,38-16?. The topological polar surface area (TPSA) is 128 Å². The number of rotatable bonds is 12. The fraction of sp³-hybridized carbons (Fsp3) is 0.568. The van der Waals surface area contributed by atoms with E-state index in [0.29, 0.717) is 49.6 Å². The smallest absolute Gasteiger partial charge is 0.355 e. The summed E-state index contributed by atoms with van der Waals surface area (Å²) in [6, 6.07) is 10.0. The summed E-state index contributed by atoms with van der Waals surface area (Å²) in [6.07, 6.45) is 7.85. The van der Waals surface area contributed by atoms with E-state index in [1.54, 1.807) is 6.07 Å². The number of hydrogen-bond acceptors (Lipinski definition) is 7. The minimum absolute atomic E-state index is 0.0443. The van der Waals surface area contributed by atoms with Gasteiger partial charge in [-0.2, -0.15) is 0 Å². The number of aromatic nitrogens is 1. The molecular formula is C37H51N5O4. The molecule has 1 aromatic heterocycles. The number of aryl methyl sites for hydroxylation is 1. The van der Waals surface area contributed by atoms with Crippen molar-refractivity contribution < 1.29 is 19.4 Å². The van der Waals surface area contributed by atoms with Gasteiger partial charge >= 0.3 is 5.97 Å². The number of amides is 1. The number of benzene rings is 1. The molecule has 2 saturated carbocycles. The molecule has 9 heteroatoms. The number of carbonyl (C=O) groups is 2. The number of carbonyl (C=O) groups excluding carboxylic acids is 1. The summed E-state index contributed by atoms with van der Waals surface area (Å²) in [6.45, 7) is 16.5. The number of pyridine rings is 1. The van der Waals surface area contributed by atoms with E-state index in [2.05, 4.69) is 73.3 Å². The summed E-state index contributed by atoms with van der Waals surface area (Å²) in [5.41, 5.74) is 5.42. The number of carboxylic acids is 1. The first kappa shape index (κ1) is 33.6. The van der Waals surface area contributed by atoms with Gasteiger partial charge in [-0.3, -0.25) is 4.79 Å². The number of nitrogens with zero attached hydrogens (tertiary/aromatic N) is 2. The molecule has 2 fully saturated rings. The second-order valence-electron chi connectivity index (χ2n) is 15.6. The zero-order valence-electron chi connectivity index (χ0n) is 28.4. The van der Waals surface area contributed by atoms with Gasteiger partial charge in [0.1, 0.15) is 5.82 Å². The number of hydrogen-bond donors (Lipinski definition) is 4. The molecule has 1 aliphatic heterocycles. The van der Waals surface area contributed by atoms with E-state index in [1.807, 2.05) is 13.0 Å². The highest BCUT2D eigenvalue weighted by molar-refractivity contribution is 6.12. The van der Waals surface area contributed by atoms with Crippen LogP contribution in [0.1, 0.15) is 99.5 Å². The molecule has 3 unspecified atom stereocenters. The molecule has 2 bridgehead atoms. The molecule has 5 rings (SSSR count). The zero-order chi connectivity index (χ0) is 33.3. The minimum Gasteiger partial charge on any atom is -0.476 e. The Morgan fingerprint density at radius 2 is 1.89 bits per heavy atom. The molecular weight excluding hydrogens is 578 g/mol. The molecule has 0 radical (unpaired) electrons. The van der Waals surface area contributed by atoms with Gasteiger partial charge in [-0.25, -0.2) is 9.78 Å². The molecule has 1 aromatic carbocycles. The van der Waals surface area contributed by atoms with Crippen molar-refractivity contribution in [3.8, 4) is 0 Å². The van der Waals surface area contributed by atoms with Crippen LogP contribution in [0.3, 0.4) is 0 Å². The molecule has 0 spiro atoms. The van der Waals surface area contributed by atoms with Gasteiger partial charge in [-0.1, -0.05) is 45.9 Å². The van der Waals surface area contributed by atoms with Gasteiger partial charge < -0.3 is 30.8 Å². The number of aromatic carboxylic acids is 1. The van der Waals surface area contributed by atoms with Crippen molar-refractivity contribution >= 4 is 30.0 Å². The lowest BCUT2D eigenvalue weighted by molar-refractivity contribution is -0.189. The summed E-state index contributed by atoms with van der Waals surface area (Å²) in [5.74, 6) is -0.473. The fourth-order valence-corrected chi connectivity index (χ4v) is 9.56. The highest BCUT2D eigenvalue weighted by Gasteiger charge is 2.57. The van der Waals surface area contributed by atoms with E-state index in [4.69, 9.17) is 10.1 Å². The first-order chi connectivity index (χ1) is 21.7. The van der Waals surface area contributed by atoms with Gasteiger partial charge in [0.15, 0.2) is 5.69 Å². The lowest BCUT2D eigenvalue weighted by Crippen LogP contribution is -2.58. The average Bonchev–Trinajstić information content (AvgIpc) is 2.97. The van der Waals surface area contributed by atoms with Crippen LogP contribution in [0, 0.1) is 28.6 Å². The second kappa shape index (κ2) is 12.8. The SMILES string of the molecule is C/C(NCC1(C)CC2(C)CC(C)(C)CC(OCCNC=O)(C1)C2)=C(/C=N)c1ccc(N2CCc3cccc(C)c3C2)nc1C(=O)O. The third-order valence-electron chi connectivity index (χ3n) is 10.3. The average molecular weight is 630 g/mol. The number of allylic oxidation sites excluding steroid dienone is 2. The first-order valence-electron chi connectivity index (χ1n) is 16.5. The van der Waals surface area contributed by atoms with E-state index in [1.165, 1.54) is 22.9 Å². The van der Waals surface area contributed by atoms with Crippen LogP contribution in [-0.2, 0) is 22.5 Å². The maximum atomic E-state index is 12.5. The number of anilines is 1. The van der Waals surface area contributed by atoms with Crippen molar-refractivity contribution in [3.63, 3.8) is 0 Å². The predicted octanol–water partition coefficient (Wildman–Crippen LogP) is 6.14. The maximum absolute atomic E-state index is 12.5. The number of carboxylic acid groups (broad SMARTS) is 1. The van der Waals surface area contributed by atoms with Gasteiger partial charge in [-0.15, -0.1) is 0 Å². The van der Waals surface area contributed by atoms with Gasteiger partial charge in [0.25, 0.3) is 0 Å². The van der Waals surface area contributed by atoms with Crippen molar-refractivity contribution in [2.75, 3.05) is 31.1 Å².